The second kappa shape index (κ2) is 4.97. The van der Waals surface area contributed by atoms with Gasteiger partial charge in [0.15, 0.2) is 0 Å². The van der Waals surface area contributed by atoms with E-state index in [0.717, 1.165) is 32.4 Å². The van der Waals surface area contributed by atoms with Crippen molar-refractivity contribution in [3.8, 4) is 0 Å². The molecule has 0 atom stereocenters. The molecule has 2 aromatic heterocycles. The second-order valence-electron chi connectivity index (χ2n) is 4.35. The molecule has 0 unspecified atom stereocenters. The summed E-state index contributed by atoms with van der Waals surface area (Å²) in [7, 11) is 0. The van der Waals surface area contributed by atoms with Crippen molar-refractivity contribution in [2.45, 2.75) is 6.92 Å². The van der Waals surface area contributed by atoms with Crippen LogP contribution in [0.25, 0.3) is 10.9 Å². The van der Waals surface area contributed by atoms with Crippen LogP contribution < -0.4 is 5.32 Å². The fraction of sp³-hybridized carbons (Fsp3) is 0.0667. The molecule has 0 amide bonds. The minimum Gasteiger partial charge on any atom is -0.352 e. The molecule has 2 heterocycles. The summed E-state index contributed by atoms with van der Waals surface area (Å²) in [6.07, 6.45) is 3.55. The Morgan fingerprint density at radius 2 is 2.00 bits per heavy atom. The van der Waals surface area contributed by atoms with Gasteiger partial charge in [0.05, 0.1) is 23.1 Å². The third-order valence-electron chi connectivity index (χ3n) is 2.84. The number of anilines is 2. The second-order valence-corrected chi connectivity index (χ2v) is 5.26. The quantitative estimate of drug-likeness (QED) is 0.759. The molecule has 3 rings (SSSR count). The van der Waals surface area contributed by atoms with E-state index in [0.29, 0.717) is 0 Å². The largest absolute Gasteiger partial charge is 0.352 e. The summed E-state index contributed by atoms with van der Waals surface area (Å²) in [5, 5.41) is 4.48. The number of aromatic nitrogens is 2. The molecule has 0 aliphatic rings. The van der Waals surface area contributed by atoms with Gasteiger partial charge in [-0.25, -0.2) is 0 Å². The maximum Gasteiger partial charge on any atom is 0.0939 e. The normalized spacial score (nSPS) is 10.6. The molecule has 0 saturated carbocycles. The van der Waals surface area contributed by atoms with Crippen molar-refractivity contribution in [1.82, 2.24) is 9.97 Å². The van der Waals surface area contributed by atoms with Crippen molar-refractivity contribution in [2.24, 2.45) is 0 Å². The van der Waals surface area contributed by atoms with E-state index in [1.54, 1.807) is 12.4 Å². The molecule has 94 valence electrons. The van der Waals surface area contributed by atoms with Crippen molar-refractivity contribution in [1.29, 1.82) is 0 Å². The molecule has 4 heteroatoms. The molecule has 0 saturated heterocycles. The van der Waals surface area contributed by atoms with Gasteiger partial charge in [0.25, 0.3) is 0 Å². The molecule has 1 N–H and O–H groups in total. The van der Waals surface area contributed by atoms with E-state index in [1.165, 1.54) is 0 Å². The first-order valence-corrected chi connectivity index (χ1v) is 6.75. The van der Waals surface area contributed by atoms with Gasteiger partial charge in [0.2, 0.25) is 0 Å². The highest BCUT2D eigenvalue weighted by molar-refractivity contribution is 9.10. The molecule has 0 aliphatic heterocycles. The molecule has 1 aromatic carbocycles. The Labute approximate surface area is 119 Å². The maximum absolute atomic E-state index is 4.60. The number of nitrogens with zero attached hydrogens (tertiary/aromatic N) is 2. The summed E-state index contributed by atoms with van der Waals surface area (Å²) in [6, 6.07) is 12.2. The Morgan fingerprint density at radius 3 is 2.84 bits per heavy atom. The van der Waals surface area contributed by atoms with Crippen LogP contribution in [0, 0.1) is 6.92 Å². The highest BCUT2D eigenvalue weighted by Crippen LogP contribution is 2.25. The number of fused-ring (bicyclic) bond motifs is 1. The fourth-order valence-corrected chi connectivity index (χ4v) is 2.35. The lowest BCUT2D eigenvalue weighted by atomic mass is 10.1. The highest BCUT2D eigenvalue weighted by atomic mass is 79.9. The number of pyridine rings is 2. The molecule has 0 spiro atoms. The lowest BCUT2D eigenvalue weighted by Gasteiger charge is -2.09. The molecule has 0 radical (unpaired) electrons. The van der Waals surface area contributed by atoms with Crippen LogP contribution in [0.3, 0.4) is 0 Å². The van der Waals surface area contributed by atoms with Crippen LogP contribution >= 0.6 is 15.9 Å². The van der Waals surface area contributed by atoms with Crippen LogP contribution in [-0.2, 0) is 0 Å². The van der Waals surface area contributed by atoms with Crippen LogP contribution in [0.1, 0.15) is 5.69 Å². The average Bonchev–Trinajstić information content (AvgIpc) is 2.39. The number of hydrogen-bond acceptors (Lipinski definition) is 3. The van der Waals surface area contributed by atoms with Crippen LogP contribution in [0.15, 0.2) is 53.3 Å². The van der Waals surface area contributed by atoms with Crippen LogP contribution in [0.2, 0.25) is 0 Å². The van der Waals surface area contributed by atoms with Gasteiger partial charge in [-0.15, -0.1) is 0 Å². The Bertz CT molecular complexity index is 740. The van der Waals surface area contributed by atoms with E-state index in [4.69, 9.17) is 0 Å². The minimum absolute atomic E-state index is 0.935. The molecular formula is C15H12BrN3. The SMILES string of the molecule is Cc1ccc2cccc(Nc3cncc(Br)c3)c2n1. The van der Waals surface area contributed by atoms with Crippen molar-refractivity contribution < 1.29 is 0 Å². The summed E-state index contributed by atoms with van der Waals surface area (Å²) in [4.78, 5) is 8.75. The fourth-order valence-electron chi connectivity index (χ4n) is 1.98. The Kier molecular flexibility index (Phi) is 3.17. The molecule has 0 aliphatic carbocycles. The number of nitrogens with one attached hydrogen (secondary N) is 1. The molecular weight excluding hydrogens is 302 g/mol. The number of aryl methyl sites for hydroxylation is 1. The summed E-state index contributed by atoms with van der Waals surface area (Å²) in [6.45, 7) is 2.00. The van der Waals surface area contributed by atoms with Crippen LogP contribution in [0.4, 0.5) is 11.4 Å². The number of para-hydroxylation sites is 1. The van der Waals surface area contributed by atoms with Gasteiger partial charge in [-0.2, -0.15) is 0 Å². The monoisotopic (exact) mass is 313 g/mol. The molecule has 0 bridgehead atoms. The van der Waals surface area contributed by atoms with E-state index in [9.17, 15) is 0 Å². The Hall–Kier alpha value is -1.94. The van der Waals surface area contributed by atoms with Gasteiger partial charge in [0.1, 0.15) is 0 Å². The van der Waals surface area contributed by atoms with Crippen molar-refractivity contribution in [2.75, 3.05) is 5.32 Å². The van der Waals surface area contributed by atoms with Gasteiger partial charge in [-0.05, 0) is 41.1 Å². The van der Waals surface area contributed by atoms with Gasteiger partial charge in [0, 0.05) is 21.7 Å². The molecule has 3 nitrogen and oxygen atoms in total. The van der Waals surface area contributed by atoms with E-state index in [-0.39, 0.29) is 0 Å². The van der Waals surface area contributed by atoms with Gasteiger partial charge in [-0.1, -0.05) is 18.2 Å². The van der Waals surface area contributed by atoms with Crippen molar-refractivity contribution in [3.05, 3.63) is 59.0 Å². The predicted octanol–water partition coefficient (Wildman–Crippen LogP) is 4.44. The summed E-state index contributed by atoms with van der Waals surface area (Å²) >= 11 is 3.42. The first-order valence-electron chi connectivity index (χ1n) is 5.96. The van der Waals surface area contributed by atoms with E-state index in [2.05, 4.69) is 43.3 Å². The van der Waals surface area contributed by atoms with E-state index < -0.39 is 0 Å². The van der Waals surface area contributed by atoms with Gasteiger partial charge < -0.3 is 5.32 Å². The number of hydrogen-bond donors (Lipinski definition) is 1. The Balaban J connectivity index is 2.07. The standard InChI is InChI=1S/C15H12BrN3/c1-10-5-6-11-3-2-4-14(15(11)18-10)19-13-7-12(16)8-17-9-13/h2-9,19H,1H3. The Morgan fingerprint density at radius 1 is 1.11 bits per heavy atom. The van der Waals surface area contributed by atoms with Crippen LogP contribution in [-0.4, -0.2) is 9.97 Å². The topological polar surface area (TPSA) is 37.8 Å². The van der Waals surface area contributed by atoms with Gasteiger partial charge >= 0.3 is 0 Å². The first-order chi connectivity index (χ1) is 9.22. The lowest BCUT2D eigenvalue weighted by molar-refractivity contribution is 1.25. The maximum atomic E-state index is 4.60. The third kappa shape index (κ3) is 2.58. The summed E-state index contributed by atoms with van der Waals surface area (Å²) in [5.41, 5.74) is 3.91. The zero-order chi connectivity index (χ0) is 13.2. The highest BCUT2D eigenvalue weighted by Gasteiger charge is 2.03. The molecule has 0 fully saturated rings. The zero-order valence-corrected chi connectivity index (χ0v) is 12.0. The van der Waals surface area contributed by atoms with Crippen molar-refractivity contribution in [3.63, 3.8) is 0 Å². The van der Waals surface area contributed by atoms with E-state index >= 15 is 0 Å². The number of rotatable bonds is 2. The van der Waals surface area contributed by atoms with Gasteiger partial charge in [-0.3, -0.25) is 9.97 Å². The summed E-state index contributed by atoms with van der Waals surface area (Å²) < 4.78 is 0.946. The predicted molar refractivity (Wildman–Crippen MR) is 81.7 cm³/mol. The minimum atomic E-state index is 0.935. The van der Waals surface area contributed by atoms with Crippen molar-refractivity contribution >= 4 is 38.2 Å². The first kappa shape index (κ1) is 12.1. The molecule has 19 heavy (non-hydrogen) atoms. The van der Waals surface area contributed by atoms with Crippen LogP contribution in [0.5, 0.6) is 0 Å². The van der Waals surface area contributed by atoms with E-state index in [1.807, 2.05) is 31.2 Å². The number of benzene rings is 1. The smallest absolute Gasteiger partial charge is 0.0939 e. The number of halogens is 1. The summed E-state index contributed by atoms with van der Waals surface area (Å²) in [5.74, 6) is 0. The zero-order valence-electron chi connectivity index (χ0n) is 10.4. The lowest BCUT2D eigenvalue weighted by Crippen LogP contribution is -1.94. The third-order valence-corrected chi connectivity index (χ3v) is 3.28. The average molecular weight is 314 g/mol. The molecule has 3 aromatic rings.